The van der Waals surface area contributed by atoms with Crippen LogP contribution < -0.4 is 5.73 Å². The smallest absolute Gasteiger partial charge is 0.180 e. The summed E-state index contributed by atoms with van der Waals surface area (Å²) in [7, 11) is 1.95. The molecule has 2 heterocycles. The zero-order valence-electron chi connectivity index (χ0n) is 8.60. The van der Waals surface area contributed by atoms with E-state index in [0.29, 0.717) is 5.13 Å². The molecule has 0 amide bonds. The van der Waals surface area contributed by atoms with Crippen LogP contribution in [0.1, 0.15) is 11.4 Å². The van der Waals surface area contributed by atoms with Gasteiger partial charge in [0.25, 0.3) is 0 Å². The lowest BCUT2D eigenvalue weighted by atomic mass is 10.5. The van der Waals surface area contributed by atoms with Gasteiger partial charge in [-0.25, -0.2) is 4.98 Å². The fraction of sp³-hybridized carbons (Fsp3) is 0.333. The number of thioether (sulfide) groups is 1. The van der Waals surface area contributed by atoms with Gasteiger partial charge in [0.15, 0.2) is 5.13 Å². The van der Waals surface area contributed by atoms with E-state index in [1.165, 1.54) is 11.3 Å². The fourth-order valence-electron chi connectivity index (χ4n) is 1.26. The predicted molar refractivity (Wildman–Crippen MR) is 64.0 cm³/mol. The number of nitrogens with zero attached hydrogens (tertiary/aromatic N) is 3. The second kappa shape index (κ2) is 4.24. The highest BCUT2D eigenvalue weighted by Crippen LogP contribution is 2.24. The van der Waals surface area contributed by atoms with Gasteiger partial charge < -0.3 is 5.73 Å². The average Bonchev–Trinajstić information content (AvgIpc) is 2.70. The average molecular weight is 240 g/mol. The SMILES string of the molecule is Cc1cc(SCc2csc(N)n2)n(C)n1. The highest BCUT2D eigenvalue weighted by molar-refractivity contribution is 7.98. The van der Waals surface area contributed by atoms with Crippen molar-refractivity contribution >= 4 is 28.2 Å². The molecule has 0 aliphatic carbocycles. The van der Waals surface area contributed by atoms with Gasteiger partial charge in [-0.1, -0.05) is 0 Å². The molecule has 0 aliphatic heterocycles. The van der Waals surface area contributed by atoms with Crippen LogP contribution in [0.2, 0.25) is 0 Å². The van der Waals surface area contributed by atoms with Gasteiger partial charge in [-0.3, -0.25) is 4.68 Å². The molecular weight excluding hydrogens is 228 g/mol. The van der Waals surface area contributed by atoms with Crippen molar-refractivity contribution in [3.8, 4) is 0 Å². The molecule has 0 bridgehead atoms. The number of hydrogen-bond acceptors (Lipinski definition) is 5. The molecule has 4 nitrogen and oxygen atoms in total. The number of hydrogen-bond donors (Lipinski definition) is 1. The molecular formula is C9H12N4S2. The van der Waals surface area contributed by atoms with E-state index in [1.54, 1.807) is 11.8 Å². The lowest BCUT2D eigenvalue weighted by molar-refractivity contribution is 0.692. The normalized spacial score (nSPS) is 10.8. The van der Waals surface area contributed by atoms with Gasteiger partial charge in [0.05, 0.1) is 16.4 Å². The molecule has 2 N–H and O–H groups in total. The molecule has 2 aromatic heterocycles. The third-order valence-corrected chi connectivity index (χ3v) is 3.74. The van der Waals surface area contributed by atoms with Crippen LogP contribution in [0.25, 0.3) is 0 Å². The fourth-order valence-corrected chi connectivity index (χ4v) is 2.85. The van der Waals surface area contributed by atoms with Crippen LogP contribution in [-0.2, 0) is 12.8 Å². The summed E-state index contributed by atoms with van der Waals surface area (Å²) in [5.41, 5.74) is 7.63. The Labute approximate surface area is 96.5 Å². The largest absolute Gasteiger partial charge is 0.375 e. The van der Waals surface area contributed by atoms with Crippen LogP contribution >= 0.6 is 23.1 Å². The third-order valence-electron chi connectivity index (χ3n) is 1.90. The Morgan fingerprint density at radius 2 is 2.40 bits per heavy atom. The van der Waals surface area contributed by atoms with E-state index >= 15 is 0 Å². The Hall–Kier alpha value is -1.01. The molecule has 0 unspecified atom stereocenters. The topological polar surface area (TPSA) is 56.7 Å². The van der Waals surface area contributed by atoms with Gasteiger partial charge in [0, 0.05) is 18.2 Å². The van der Waals surface area contributed by atoms with Gasteiger partial charge in [-0.05, 0) is 13.0 Å². The van der Waals surface area contributed by atoms with Gasteiger partial charge >= 0.3 is 0 Å². The standard InChI is InChI=1S/C9H12N4S2/c1-6-3-8(13(2)12-6)14-4-7-5-15-9(10)11-7/h3,5H,4H2,1-2H3,(H2,10,11). The summed E-state index contributed by atoms with van der Waals surface area (Å²) in [4.78, 5) is 4.21. The minimum Gasteiger partial charge on any atom is -0.375 e. The van der Waals surface area contributed by atoms with Gasteiger partial charge in [-0.2, -0.15) is 5.10 Å². The van der Waals surface area contributed by atoms with E-state index in [-0.39, 0.29) is 0 Å². The van der Waals surface area contributed by atoms with Crippen molar-refractivity contribution in [1.82, 2.24) is 14.8 Å². The van der Waals surface area contributed by atoms with Crippen molar-refractivity contribution in [1.29, 1.82) is 0 Å². The maximum absolute atomic E-state index is 5.56. The maximum Gasteiger partial charge on any atom is 0.180 e. The summed E-state index contributed by atoms with van der Waals surface area (Å²) in [6.07, 6.45) is 0. The van der Waals surface area contributed by atoms with Crippen LogP contribution in [0.3, 0.4) is 0 Å². The molecule has 0 aromatic carbocycles. The number of thiazole rings is 1. The van der Waals surface area contributed by atoms with Crippen LogP contribution in [0.5, 0.6) is 0 Å². The van der Waals surface area contributed by atoms with E-state index in [1.807, 2.05) is 24.0 Å². The summed E-state index contributed by atoms with van der Waals surface area (Å²) >= 11 is 3.20. The minimum absolute atomic E-state index is 0.631. The number of anilines is 1. The first kappa shape index (κ1) is 10.5. The summed E-state index contributed by atoms with van der Waals surface area (Å²) in [5.74, 6) is 0.840. The number of aryl methyl sites for hydroxylation is 2. The molecule has 0 saturated heterocycles. The van der Waals surface area contributed by atoms with Crippen molar-refractivity contribution in [3.63, 3.8) is 0 Å². The third kappa shape index (κ3) is 2.51. The molecule has 0 fully saturated rings. The van der Waals surface area contributed by atoms with Crippen molar-refractivity contribution < 1.29 is 0 Å². The first-order valence-electron chi connectivity index (χ1n) is 4.48. The van der Waals surface area contributed by atoms with Crippen molar-refractivity contribution in [2.75, 3.05) is 5.73 Å². The quantitative estimate of drug-likeness (QED) is 0.834. The van der Waals surface area contributed by atoms with Gasteiger partial charge in [0.1, 0.15) is 0 Å². The van der Waals surface area contributed by atoms with Crippen LogP contribution in [0.4, 0.5) is 5.13 Å². The van der Waals surface area contributed by atoms with Crippen LogP contribution in [0.15, 0.2) is 16.5 Å². The molecule has 0 spiro atoms. The Morgan fingerprint density at radius 3 is 2.93 bits per heavy atom. The maximum atomic E-state index is 5.56. The van der Waals surface area contributed by atoms with Crippen LogP contribution in [-0.4, -0.2) is 14.8 Å². The number of nitrogens with two attached hydrogens (primary N) is 1. The first-order valence-corrected chi connectivity index (χ1v) is 6.35. The van der Waals surface area contributed by atoms with E-state index in [4.69, 9.17) is 5.73 Å². The molecule has 2 aromatic rings. The van der Waals surface area contributed by atoms with Gasteiger partial charge in [-0.15, -0.1) is 23.1 Å². The number of nitrogen functional groups attached to an aromatic ring is 1. The van der Waals surface area contributed by atoms with Crippen molar-refractivity contribution in [3.05, 3.63) is 22.8 Å². The highest BCUT2D eigenvalue weighted by atomic mass is 32.2. The zero-order valence-corrected chi connectivity index (χ0v) is 10.2. The summed E-state index contributed by atoms with van der Waals surface area (Å²) in [5, 5.41) is 8.06. The lowest BCUT2D eigenvalue weighted by Gasteiger charge is -1.98. The second-order valence-electron chi connectivity index (χ2n) is 3.21. The minimum atomic E-state index is 0.631. The van der Waals surface area contributed by atoms with E-state index in [0.717, 1.165) is 22.2 Å². The predicted octanol–water partition coefficient (Wildman–Crippen LogP) is 2.06. The van der Waals surface area contributed by atoms with E-state index in [9.17, 15) is 0 Å². The number of aromatic nitrogens is 3. The molecule has 2 rings (SSSR count). The van der Waals surface area contributed by atoms with Gasteiger partial charge in [0.2, 0.25) is 0 Å². The molecule has 15 heavy (non-hydrogen) atoms. The van der Waals surface area contributed by atoms with Crippen molar-refractivity contribution in [2.24, 2.45) is 7.05 Å². The molecule has 0 aliphatic rings. The first-order chi connectivity index (χ1) is 7.15. The summed E-state index contributed by atoms with van der Waals surface area (Å²) < 4.78 is 1.88. The molecule has 6 heteroatoms. The van der Waals surface area contributed by atoms with Crippen LogP contribution in [0, 0.1) is 6.92 Å². The molecule has 0 radical (unpaired) electrons. The van der Waals surface area contributed by atoms with E-state index in [2.05, 4.69) is 16.1 Å². The Bertz CT molecular complexity index is 460. The zero-order chi connectivity index (χ0) is 10.8. The molecule has 0 saturated carbocycles. The Balaban J connectivity index is 2.01. The Kier molecular flexibility index (Phi) is 2.97. The van der Waals surface area contributed by atoms with Crippen molar-refractivity contribution in [2.45, 2.75) is 17.7 Å². The lowest BCUT2D eigenvalue weighted by Crippen LogP contribution is -1.93. The monoisotopic (exact) mass is 240 g/mol. The second-order valence-corrected chi connectivity index (χ2v) is 5.10. The number of rotatable bonds is 3. The summed E-state index contributed by atoms with van der Waals surface area (Å²) in [6.45, 7) is 1.99. The Morgan fingerprint density at radius 1 is 1.60 bits per heavy atom. The van der Waals surface area contributed by atoms with E-state index < -0.39 is 0 Å². The molecule has 80 valence electrons. The molecule has 0 atom stereocenters. The summed E-state index contributed by atoms with van der Waals surface area (Å²) in [6, 6.07) is 2.07. The highest BCUT2D eigenvalue weighted by Gasteiger charge is 2.04.